The van der Waals surface area contributed by atoms with Crippen molar-refractivity contribution in [3.05, 3.63) is 6.65 Å². The monoisotopic (exact) mass is 426 g/mol. The Morgan fingerprint density at radius 2 is 1.21 bits per heavy atom. The second-order valence-electron chi connectivity index (χ2n) is 1.60. The number of rotatable bonds is 6. The molecule has 0 heterocycles. The first-order chi connectivity index (χ1) is 5.41. The molecule has 0 aromatic rings. The van der Waals surface area contributed by atoms with Crippen LogP contribution < -0.4 is 75.4 Å². The molecule has 0 atom stereocenters. The van der Waals surface area contributed by atoms with Crippen molar-refractivity contribution in [1.29, 1.82) is 0 Å². The van der Waals surface area contributed by atoms with E-state index in [2.05, 4.69) is 6.65 Å². The van der Waals surface area contributed by atoms with Crippen LogP contribution in [0.25, 0.3) is 0 Å². The van der Waals surface area contributed by atoms with Gasteiger partial charge in [-0.15, -0.1) is 0 Å². The van der Waals surface area contributed by atoms with E-state index in [1.807, 2.05) is 0 Å². The third-order valence-electron chi connectivity index (χ3n) is 0.864. The van der Waals surface area contributed by atoms with Crippen molar-refractivity contribution < 1.29 is 115 Å². The van der Waals surface area contributed by atoms with E-state index in [9.17, 15) is 0 Å². The predicted molar refractivity (Wildman–Crippen MR) is 38.5 cm³/mol. The summed E-state index contributed by atoms with van der Waals surface area (Å²) in [5.41, 5.74) is 0. The van der Waals surface area contributed by atoms with Crippen LogP contribution in [0.4, 0.5) is 0 Å². The molecule has 0 saturated carbocycles. The molecule has 0 unspecified atom stereocenters. The van der Waals surface area contributed by atoms with Crippen LogP contribution in [0.3, 0.4) is 0 Å². The molecule has 0 N–H and O–H groups in total. The molecule has 0 aromatic heterocycles. The van der Waals surface area contributed by atoms with E-state index in [-0.39, 0.29) is 96.4 Å². The van der Waals surface area contributed by atoms with Gasteiger partial charge in [-0.1, -0.05) is 0 Å². The maximum absolute atomic E-state index is 7.50. The average Bonchev–Trinajstić information content (AvgIpc) is 2.08. The van der Waals surface area contributed by atoms with Gasteiger partial charge in [0.15, 0.2) is 0 Å². The van der Waals surface area contributed by atoms with Gasteiger partial charge in [0.05, 0.1) is 26.4 Å². The maximum atomic E-state index is 7.50. The van der Waals surface area contributed by atoms with Gasteiger partial charge >= 0.3 is 62.7 Å². The Kier molecular flexibility index (Phi) is 77.4. The van der Waals surface area contributed by atoms with Crippen LogP contribution in [0, 0.1) is 6.65 Å². The minimum atomic E-state index is 0. The Morgan fingerprint density at radius 1 is 0.929 bits per heavy atom. The van der Waals surface area contributed by atoms with Gasteiger partial charge in [0, 0.05) is 35.3 Å². The third kappa shape index (κ3) is 36.5. The summed E-state index contributed by atoms with van der Waals surface area (Å²) in [7, 11) is 3.30. The van der Waals surface area contributed by atoms with Gasteiger partial charge in [0.25, 0.3) is 0 Å². The Morgan fingerprint density at radius 3 is 1.43 bits per heavy atom. The van der Waals surface area contributed by atoms with Crippen LogP contribution in [-0.2, 0) is 39.9 Å². The summed E-state index contributed by atoms with van der Waals surface area (Å²) >= 11 is 0. The first-order valence-corrected chi connectivity index (χ1v) is 3.18. The van der Waals surface area contributed by atoms with Gasteiger partial charge in [-0.3, -0.25) is 0 Å². The van der Waals surface area contributed by atoms with Crippen LogP contribution in [0.5, 0.6) is 0 Å². The number of hydrogen-bond donors (Lipinski definition) is 0. The van der Waals surface area contributed by atoms with Crippen LogP contribution in [0.1, 0.15) is 0 Å². The molecule has 0 saturated heterocycles. The van der Waals surface area contributed by atoms with Gasteiger partial charge in [0.2, 0.25) is 0 Å². The van der Waals surface area contributed by atoms with E-state index >= 15 is 0 Å². The van der Waals surface area contributed by atoms with Crippen molar-refractivity contribution in [2.45, 2.75) is 0 Å². The van der Waals surface area contributed by atoms with E-state index in [0.717, 1.165) is 0 Å². The first-order valence-electron chi connectivity index (χ1n) is 3.18. The van der Waals surface area contributed by atoms with Crippen LogP contribution in [0.15, 0.2) is 0 Å². The largest absolute Gasteiger partial charge is 1.00 e. The normalized spacial score (nSPS) is 6.57. The zero-order valence-corrected chi connectivity index (χ0v) is 16.0. The smallest absolute Gasteiger partial charge is 1.00 e. The van der Waals surface area contributed by atoms with Gasteiger partial charge in [-0.05, 0) is 0 Å². The molecule has 0 aliphatic heterocycles. The summed E-state index contributed by atoms with van der Waals surface area (Å²) < 4.78 is 22.1. The van der Waals surface area contributed by atoms with Crippen LogP contribution >= 0.6 is 0 Å². The van der Waals surface area contributed by atoms with Crippen molar-refractivity contribution in [2.75, 3.05) is 40.6 Å². The summed E-state index contributed by atoms with van der Waals surface area (Å²) in [4.78, 5) is 0. The van der Waals surface area contributed by atoms with Crippen molar-refractivity contribution in [3.63, 3.8) is 0 Å². The van der Waals surface area contributed by atoms with E-state index in [4.69, 9.17) is 18.9 Å². The molecule has 0 spiro atoms. The molecule has 0 aromatic carbocycles. The van der Waals surface area contributed by atoms with Gasteiger partial charge in [-0.25, -0.2) is 0 Å². The molecule has 0 rings (SSSR count). The van der Waals surface area contributed by atoms with Crippen molar-refractivity contribution in [3.8, 4) is 0 Å². The minimum absolute atomic E-state index is 0. The molecule has 4 nitrogen and oxygen atoms in total. The Balaban J connectivity index is -0.0000000505. The molecule has 80 valence electrons. The fraction of sp³-hybridized carbons (Fsp3) is 0.857. The van der Waals surface area contributed by atoms with Gasteiger partial charge < -0.3 is 38.2 Å². The molecule has 0 bridgehead atoms. The van der Waals surface area contributed by atoms with Crippen molar-refractivity contribution in [1.82, 2.24) is 0 Å². The molecule has 0 radical (unpaired) electrons. The molecule has 0 fully saturated rings. The van der Waals surface area contributed by atoms with Gasteiger partial charge in [-0.2, -0.15) is 0 Å². The van der Waals surface area contributed by atoms with Crippen LogP contribution in [0.2, 0.25) is 0 Å². The van der Waals surface area contributed by atoms with E-state index < -0.39 is 0 Å². The summed E-state index contributed by atoms with van der Waals surface area (Å²) in [5.74, 6) is 0. The third-order valence-corrected chi connectivity index (χ3v) is 0.864. The second kappa shape index (κ2) is 36.1. The quantitative estimate of drug-likeness (QED) is 0.141. The fourth-order valence-corrected chi connectivity index (χ4v) is 0.387. The van der Waals surface area contributed by atoms with Crippen molar-refractivity contribution >= 4 is 0 Å². The van der Waals surface area contributed by atoms with Crippen LogP contribution in [-0.4, -0.2) is 40.6 Å². The summed E-state index contributed by atoms with van der Waals surface area (Å²) in [6.45, 7) is 7.12. The molecule has 7 heteroatoms. The Labute approximate surface area is 160 Å². The zero-order valence-electron chi connectivity index (χ0n) is 8.75. The average molecular weight is 424 g/mol. The first kappa shape index (κ1) is 30.1. The van der Waals surface area contributed by atoms with Gasteiger partial charge in [0.1, 0.15) is 0 Å². The summed E-state index contributed by atoms with van der Waals surface area (Å²) in [6, 6.07) is 0. The SMILES string of the molecule is COCCOCCOC.[C-]#[O+].[I-].[K+].[Mo]. The summed E-state index contributed by atoms with van der Waals surface area (Å²) in [5, 5.41) is 0. The molecule has 14 heavy (non-hydrogen) atoms. The Hall–Kier alpha value is 2.67. The predicted octanol–water partition coefficient (Wildman–Crippen LogP) is -5.74. The number of hydrogen-bond acceptors (Lipinski definition) is 3. The van der Waals surface area contributed by atoms with E-state index in [1.165, 1.54) is 0 Å². The molecule has 0 aliphatic carbocycles. The topological polar surface area (TPSA) is 47.6 Å². The second-order valence-corrected chi connectivity index (χ2v) is 1.60. The number of ether oxygens (including phenoxy) is 3. The molecular weight excluding hydrogens is 410 g/mol. The van der Waals surface area contributed by atoms with Crippen molar-refractivity contribution in [2.24, 2.45) is 0 Å². The molecular formula is C7H14IKMoO4. The number of halogens is 1. The maximum Gasteiger partial charge on any atom is 1.00 e. The molecule has 0 amide bonds. The minimum Gasteiger partial charge on any atom is -1.00 e. The summed E-state index contributed by atoms with van der Waals surface area (Å²) in [6.07, 6.45) is 0. The van der Waals surface area contributed by atoms with E-state index in [0.29, 0.717) is 26.4 Å². The zero-order chi connectivity index (χ0) is 8.95. The number of methoxy groups -OCH3 is 2. The molecule has 0 aliphatic rings. The standard InChI is InChI=1S/C6H14O3.CO.HI.K.Mo/c1-7-3-5-9-6-4-8-2;1-2;;;/h3-6H2,1-2H3;;1H;;/q;;;+1;/p-1. The fourth-order valence-electron chi connectivity index (χ4n) is 0.387. The Bertz CT molecular complexity index is 81.3. The van der Waals surface area contributed by atoms with E-state index in [1.54, 1.807) is 14.2 Å².